The second kappa shape index (κ2) is 7.38. The Morgan fingerprint density at radius 3 is 2.56 bits per heavy atom. The van der Waals surface area contributed by atoms with Crippen LogP contribution in [0.1, 0.15) is 31.9 Å². The van der Waals surface area contributed by atoms with Gasteiger partial charge in [0.1, 0.15) is 0 Å². The van der Waals surface area contributed by atoms with Crippen LogP contribution in [-0.2, 0) is 9.53 Å². The normalized spacial score (nSPS) is 12.1. The first-order valence-electron chi connectivity index (χ1n) is 8.48. The van der Waals surface area contributed by atoms with E-state index in [-0.39, 0.29) is 5.97 Å². The molecule has 0 N–H and O–H groups in total. The van der Waals surface area contributed by atoms with Crippen molar-refractivity contribution in [3.05, 3.63) is 54.4 Å². The molecule has 0 spiro atoms. The highest BCUT2D eigenvalue weighted by Crippen LogP contribution is 2.35. The zero-order valence-electron chi connectivity index (χ0n) is 14.7. The van der Waals surface area contributed by atoms with E-state index in [0.29, 0.717) is 24.4 Å². The lowest BCUT2D eigenvalue weighted by Crippen LogP contribution is -2.17. The molecule has 5 nitrogen and oxygen atoms in total. The average molecular weight is 338 g/mol. The van der Waals surface area contributed by atoms with Crippen molar-refractivity contribution in [3.63, 3.8) is 0 Å². The van der Waals surface area contributed by atoms with Crippen molar-refractivity contribution in [1.82, 2.24) is 9.38 Å². The van der Waals surface area contributed by atoms with Crippen molar-refractivity contribution in [2.75, 3.05) is 13.7 Å². The first-order chi connectivity index (χ1) is 12.2. The van der Waals surface area contributed by atoms with Crippen LogP contribution < -0.4 is 4.74 Å². The third kappa shape index (κ3) is 3.09. The highest BCUT2D eigenvalue weighted by molar-refractivity contribution is 5.82. The lowest BCUT2D eigenvalue weighted by atomic mass is 9.97. The Bertz CT molecular complexity index is 871. The quantitative estimate of drug-likeness (QED) is 0.636. The van der Waals surface area contributed by atoms with Gasteiger partial charge in [0.2, 0.25) is 0 Å². The summed E-state index contributed by atoms with van der Waals surface area (Å²) in [5.41, 5.74) is 3.28. The first-order valence-corrected chi connectivity index (χ1v) is 8.48. The zero-order valence-corrected chi connectivity index (χ0v) is 14.7. The van der Waals surface area contributed by atoms with E-state index in [0.717, 1.165) is 17.0 Å². The number of pyridine rings is 1. The fourth-order valence-electron chi connectivity index (χ4n) is 3.08. The Balaban J connectivity index is 2.28. The van der Waals surface area contributed by atoms with Gasteiger partial charge >= 0.3 is 5.97 Å². The van der Waals surface area contributed by atoms with Crippen molar-refractivity contribution in [2.24, 2.45) is 0 Å². The summed E-state index contributed by atoms with van der Waals surface area (Å²) < 4.78 is 12.7. The summed E-state index contributed by atoms with van der Waals surface area (Å²) in [5, 5.41) is 0. The number of benzene rings is 1. The average Bonchev–Trinajstić information content (AvgIpc) is 3.03. The summed E-state index contributed by atoms with van der Waals surface area (Å²) in [6.07, 6.45) is 2.54. The number of rotatable bonds is 6. The van der Waals surface area contributed by atoms with Gasteiger partial charge in [-0.1, -0.05) is 37.3 Å². The molecule has 130 valence electrons. The number of imidazole rings is 1. The molecule has 3 rings (SSSR count). The second-order valence-electron chi connectivity index (χ2n) is 5.69. The van der Waals surface area contributed by atoms with Crippen LogP contribution in [0.4, 0.5) is 0 Å². The van der Waals surface area contributed by atoms with Crippen LogP contribution in [-0.4, -0.2) is 29.1 Å². The maximum atomic E-state index is 12.6. The van der Waals surface area contributed by atoms with Gasteiger partial charge in [-0.2, -0.15) is 0 Å². The fraction of sp³-hybridized carbons (Fsp3) is 0.300. The SMILES string of the molecule is CCOC(=O)C(CC)c1c(-c2ccccc2)nc2c(OC)cccn12. The highest BCUT2D eigenvalue weighted by Gasteiger charge is 2.29. The van der Waals surface area contributed by atoms with E-state index in [9.17, 15) is 4.79 Å². The number of methoxy groups -OCH3 is 1. The second-order valence-corrected chi connectivity index (χ2v) is 5.69. The summed E-state index contributed by atoms with van der Waals surface area (Å²) in [6, 6.07) is 13.6. The summed E-state index contributed by atoms with van der Waals surface area (Å²) in [5.74, 6) is 0.0497. The van der Waals surface area contributed by atoms with Crippen molar-refractivity contribution >= 4 is 11.6 Å². The summed E-state index contributed by atoms with van der Waals surface area (Å²) >= 11 is 0. The van der Waals surface area contributed by atoms with E-state index < -0.39 is 5.92 Å². The molecule has 5 heteroatoms. The standard InChI is InChI=1S/C20H22N2O3/c1-4-15(20(23)25-5-2)18-17(14-10-7-6-8-11-14)21-19-16(24-3)12-9-13-22(18)19/h6-13,15H,4-5H2,1-3H3. The maximum absolute atomic E-state index is 12.6. The molecule has 1 unspecified atom stereocenters. The molecule has 25 heavy (non-hydrogen) atoms. The molecule has 0 saturated heterocycles. The van der Waals surface area contributed by atoms with Gasteiger partial charge in [0.15, 0.2) is 11.4 Å². The monoisotopic (exact) mass is 338 g/mol. The lowest BCUT2D eigenvalue weighted by Gasteiger charge is -2.15. The zero-order chi connectivity index (χ0) is 17.8. The predicted molar refractivity (Wildman–Crippen MR) is 96.8 cm³/mol. The van der Waals surface area contributed by atoms with Gasteiger partial charge in [-0.15, -0.1) is 0 Å². The van der Waals surface area contributed by atoms with Gasteiger partial charge in [-0.25, -0.2) is 4.98 Å². The number of hydrogen-bond donors (Lipinski definition) is 0. The number of carbonyl (C=O) groups excluding carboxylic acids is 1. The van der Waals surface area contributed by atoms with E-state index in [1.807, 2.05) is 66.9 Å². The number of hydrogen-bond acceptors (Lipinski definition) is 4. The van der Waals surface area contributed by atoms with Crippen LogP contribution in [0.5, 0.6) is 5.75 Å². The summed E-state index contributed by atoms with van der Waals surface area (Å²) in [4.78, 5) is 17.4. The third-order valence-corrected chi connectivity index (χ3v) is 4.23. The highest BCUT2D eigenvalue weighted by atomic mass is 16.5. The largest absolute Gasteiger partial charge is 0.493 e. The minimum atomic E-state index is -0.391. The molecule has 0 aliphatic rings. The number of carbonyl (C=O) groups is 1. The predicted octanol–water partition coefficient (Wildman–Crippen LogP) is 4.07. The molecule has 3 aromatic rings. The Hall–Kier alpha value is -2.82. The minimum absolute atomic E-state index is 0.230. The number of esters is 1. The van der Waals surface area contributed by atoms with Crippen LogP contribution in [0.2, 0.25) is 0 Å². The van der Waals surface area contributed by atoms with Gasteiger partial charge in [-0.05, 0) is 25.5 Å². The van der Waals surface area contributed by atoms with Crippen LogP contribution in [0.15, 0.2) is 48.7 Å². The van der Waals surface area contributed by atoms with Gasteiger partial charge in [-0.3, -0.25) is 9.20 Å². The number of aromatic nitrogens is 2. The lowest BCUT2D eigenvalue weighted by molar-refractivity contribution is -0.145. The molecule has 2 heterocycles. The van der Waals surface area contributed by atoms with Gasteiger partial charge < -0.3 is 9.47 Å². The molecule has 0 saturated carbocycles. The summed E-state index contributed by atoms with van der Waals surface area (Å²) in [7, 11) is 1.62. The maximum Gasteiger partial charge on any atom is 0.315 e. The number of ether oxygens (including phenoxy) is 2. The molecule has 2 aromatic heterocycles. The topological polar surface area (TPSA) is 52.8 Å². The smallest absolute Gasteiger partial charge is 0.315 e. The minimum Gasteiger partial charge on any atom is -0.493 e. The van der Waals surface area contributed by atoms with Crippen LogP contribution in [0.25, 0.3) is 16.9 Å². The molecule has 0 aliphatic carbocycles. The van der Waals surface area contributed by atoms with Crippen LogP contribution in [0, 0.1) is 0 Å². The summed E-state index contributed by atoms with van der Waals surface area (Å²) in [6.45, 7) is 4.16. The van der Waals surface area contributed by atoms with Gasteiger partial charge in [0.25, 0.3) is 0 Å². The Morgan fingerprint density at radius 2 is 1.92 bits per heavy atom. The van der Waals surface area contributed by atoms with Crippen molar-refractivity contribution in [1.29, 1.82) is 0 Å². The van der Waals surface area contributed by atoms with Gasteiger partial charge in [0.05, 0.1) is 31.0 Å². The van der Waals surface area contributed by atoms with E-state index in [1.165, 1.54) is 0 Å². The Labute approximate surface area is 147 Å². The molecule has 0 aliphatic heterocycles. The number of nitrogens with zero attached hydrogens (tertiary/aromatic N) is 2. The first kappa shape index (κ1) is 17.0. The van der Waals surface area contributed by atoms with E-state index in [2.05, 4.69) is 0 Å². The number of fused-ring (bicyclic) bond motifs is 1. The molecule has 0 radical (unpaired) electrons. The fourth-order valence-corrected chi connectivity index (χ4v) is 3.08. The van der Waals surface area contributed by atoms with Crippen LogP contribution >= 0.6 is 0 Å². The van der Waals surface area contributed by atoms with E-state index >= 15 is 0 Å². The Kier molecular flexibility index (Phi) is 5.03. The Morgan fingerprint density at radius 1 is 1.16 bits per heavy atom. The van der Waals surface area contributed by atoms with Gasteiger partial charge in [0, 0.05) is 11.8 Å². The van der Waals surface area contributed by atoms with Crippen molar-refractivity contribution < 1.29 is 14.3 Å². The molecule has 0 bridgehead atoms. The molecule has 0 fully saturated rings. The van der Waals surface area contributed by atoms with Crippen molar-refractivity contribution in [2.45, 2.75) is 26.2 Å². The van der Waals surface area contributed by atoms with Crippen molar-refractivity contribution in [3.8, 4) is 17.0 Å². The molecule has 1 aromatic carbocycles. The van der Waals surface area contributed by atoms with E-state index in [1.54, 1.807) is 7.11 Å². The molecular weight excluding hydrogens is 316 g/mol. The van der Waals surface area contributed by atoms with Crippen LogP contribution in [0.3, 0.4) is 0 Å². The van der Waals surface area contributed by atoms with E-state index in [4.69, 9.17) is 14.5 Å². The molecule has 1 atom stereocenters. The molecule has 0 amide bonds. The molecular formula is C20H22N2O3. The third-order valence-electron chi connectivity index (χ3n) is 4.23.